The molecule has 0 saturated heterocycles. The van der Waals surface area contributed by atoms with Crippen molar-refractivity contribution < 1.29 is 26.7 Å². The Balaban J connectivity index is 2.04. The first-order chi connectivity index (χ1) is 10.3. The van der Waals surface area contributed by atoms with E-state index in [0.29, 0.717) is 5.56 Å². The van der Waals surface area contributed by atoms with Crippen LogP contribution in [-0.2, 0) is 6.61 Å². The first-order valence-electron chi connectivity index (χ1n) is 6.26. The van der Waals surface area contributed by atoms with Gasteiger partial charge in [0.15, 0.2) is 11.6 Å². The van der Waals surface area contributed by atoms with Crippen LogP contribution in [0.15, 0.2) is 42.5 Å². The molecule has 0 aliphatic heterocycles. The van der Waals surface area contributed by atoms with Gasteiger partial charge < -0.3 is 10.5 Å². The van der Waals surface area contributed by atoms with Crippen molar-refractivity contribution >= 4 is 0 Å². The van der Waals surface area contributed by atoms with Gasteiger partial charge in [-0.2, -0.15) is 13.2 Å². The molecule has 0 heterocycles. The Morgan fingerprint density at radius 1 is 1.00 bits per heavy atom. The topological polar surface area (TPSA) is 35.2 Å². The summed E-state index contributed by atoms with van der Waals surface area (Å²) >= 11 is 0. The lowest BCUT2D eigenvalue weighted by Gasteiger charge is -2.16. The predicted molar refractivity (Wildman–Crippen MR) is 70.1 cm³/mol. The molecule has 0 fully saturated rings. The third-order valence-corrected chi connectivity index (χ3v) is 2.98. The van der Waals surface area contributed by atoms with Gasteiger partial charge in [-0.3, -0.25) is 0 Å². The van der Waals surface area contributed by atoms with Crippen molar-refractivity contribution in [3.8, 4) is 5.75 Å². The van der Waals surface area contributed by atoms with Gasteiger partial charge in [-0.25, -0.2) is 8.78 Å². The van der Waals surface area contributed by atoms with Crippen molar-refractivity contribution in [2.24, 2.45) is 5.73 Å². The Bertz CT molecular complexity index is 639. The number of hydrogen-bond donors (Lipinski definition) is 1. The number of halogens is 5. The molecule has 0 saturated carbocycles. The average molecular weight is 317 g/mol. The van der Waals surface area contributed by atoms with E-state index in [4.69, 9.17) is 10.5 Å². The lowest BCUT2D eigenvalue weighted by molar-refractivity contribution is -0.149. The van der Waals surface area contributed by atoms with E-state index in [1.54, 1.807) is 0 Å². The largest absolute Gasteiger partial charge is 0.486 e. The molecular weight excluding hydrogens is 305 g/mol. The summed E-state index contributed by atoms with van der Waals surface area (Å²) in [4.78, 5) is 0. The van der Waals surface area contributed by atoms with E-state index in [0.717, 1.165) is 18.2 Å². The Kier molecular flexibility index (Phi) is 4.65. The quantitative estimate of drug-likeness (QED) is 0.862. The maximum absolute atomic E-state index is 13.3. The summed E-state index contributed by atoms with van der Waals surface area (Å²) in [7, 11) is 0. The van der Waals surface area contributed by atoms with Gasteiger partial charge in [0.25, 0.3) is 0 Å². The minimum atomic E-state index is -4.53. The Labute approximate surface area is 123 Å². The normalized spacial score (nSPS) is 13.0. The smallest absolute Gasteiger partial charge is 0.407 e. The molecule has 1 atom stereocenters. The molecule has 118 valence electrons. The minimum Gasteiger partial charge on any atom is -0.486 e. The molecule has 2 aromatic carbocycles. The summed E-state index contributed by atoms with van der Waals surface area (Å²) in [5, 5.41) is 0. The van der Waals surface area contributed by atoms with E-state index in [1.807, 2.05) is 0 Å². The van der Waals surface area contributed by atoms with E-state index in [1.165, 1.54) is 24.3 Å². The van der Waals surface area contributed by atoms with Crippen molar-refractivity contribution in [3.05, 3.63) is 65.2 Å². The van der Waals surface area contributed by atoms with Crippen LogP contribution in [0.4, 0.5) is 22.0 Å². The number of nitrogens with two attached hydrogens (primary N) is 1. The monoisotopic (exact) mass is 317 g/mol. The van der Waals surface area contributed by atoms with Crippen LogP contribution in [0.5, 0.6) is 5.75 Å². The van der Waals surface area contributed by atoms with E-state index >= 15 is 0 Å². The highest BCUT2D eigenvalue weighted by atomic mass is 19.4. The van der Waals surface area contributed by atoms with Crippen molar-refractivity contribution in [2.45, 2.75) is 18.8 Å². The van der Waals surface area contributed by atoms with Crippen molar-refractivity contribution in [3.63, 3.8) is 0 Å². The lowest BCUT2D eigenvalue weighted by atomic mass is 10.1. The molecule has 2 rings (SSSR count). The molecule has 0 unspecified atom stereocenters. The second-order valence-electron chi connectivity index (χ2n) is 4.62. The van der Waals surface area contributed by atoms with E-state index < -0.39 is 23.9 Å². The molecular formula is C15H12F5NO. The first-order valence-corrected chi connectivity index (χ1v) is 6.26. The highest BCUT2D eigenvalue weighted by molar-refractivity contribution is 5.28. The molecule has 22 heavy (non-hydrogen) atoms. The molecule has 0 bridgehead atoms. The standard InChI is InChI=1S/C15H12F5NO/c16-11-5-6-12(17)13(7-11)22-8-9-1-3-10(4-2-9)14(21)15(18,19)20/h1-7,14H,8,21H2/t14-/m1/s1. The number of hydrogen-bond acceptors (Lipinski definition) is 2. The highest BCUT2D eigenvalue weighted by Crippen LogP contribution is 2.30. The van der Waals surface area contributed by atoms with Crippen molar-refractivity contribution in [2.75, 3.05) is 0 Å². The second kappa shape index (κ2) is 6.31. The molecule has 0 amide bonds. The maximum Gasteiger partial charge on any atom is 0.407 e. The Morgan fingerprint density at radius 3 is 2.23 bits per heavy atom. The summed E-state index contributed by atoms with van der Waals surface area (Å²) in [5.74, 6) is -1.64. The third-order valence-electron chi connectivity index (χ3n) is 2.98. The SMILES string of the molecule is N[C@H](c1ccc(COc2cc(F)ccc2F)cc1)C(F)(F)F. The zero-order chi connectivity index (χ0) is 16.3. The van der Waals surface area contributed by atoms with Crippen LogP contribution in [0.1, 0.15) is 17.2 Å². The molecule has 7 heteroatoms. The molecule has 0 radical (unpaired) electrons. The van der Waals surface area contributed by atoms with E-state index in [-0.39, 0.29) is 17.9 Å². The van der Waals surface area contributed by atoms with E-state index in [2.05, 4.69) is 0 Å². The summed E-state index contributed by atoms with van der Waals surface area (Å²) < 4.78 is 68.8. The fourth-order valence-electron chi connectivity index (χ4n) is 1.76. The van der Waals surface area contributed by atoms with Crippen LogP contribution >= 0.6 is 0 Å². The molecule has 0 aliphatic rings. The Morgan fingerprint density at radius 2 is 1.64 bits per heavy atom. The van der Waals surface area contributed by atoms with Gasteiger partial charge in [0, 0.05) is 6.07 Å². The van der Waals surface area contributed by atoms with E-state index in [9.17, 15) is 22.0 Å². The highest BCUT2D eigenvalue weighted by Gasteiger charge is 2.37. The molecule has 2 nitrogen and oxygen atoms in total. The van der Waals surface area contributed by atoms with Crippen LogP contribution in [0.3, 0.4) is 0 Å². The minimum absolute atomic E-state index is 0.0896. The van der Waals surface area contributed by atoms with Crippen LogP contribution in [-0.4, -0.2) is 6.18 Å². The predicted octanol–water partition coefficient (Wildman–Crippen LogP) is 4.11. The number of rotatable bonds is 4. The lowest BCUT2D eigenvalue weighted by Crippen LogP contribution is -2.28. The average Bonchev–Trinajstić information content (AvgIpc) is 2.47. The summed E-state index contributed by atoms with van der Waals surface area (Å²) in [6.45, 7) is -0.109. The van der Waals surface area contributed by atoms with Gasteiger partial charge >= 0.3 is 6.18 Å². The zero-order valence-electron chi connectivity index (χ0n) is 11.2. The van der Waals surface area contributed by atoms with Crippen LogP contribution < -0.4 is 10.5 Å². The maximum atomic E-state index is 13.3. The second-order valence-corrected chi connectivity index (χ2v) is 4.62. The Hall–Kier alpha value is -2.15. The first kappa shape index (κ1) is 16.2. The van der Waals surface area contributed by atoms with Crippen LogP contribution in [0, 0.1) is 11.6 Å². The molecule has 2 N–H and O–H groups in total. The van der Waals surface area contributed by atoms with Crippen LogP contribution in [0.25, 0.3) is 0 Å². The van der Waals surface area contributed by atoms with Gasteiger partial charge in [0.2, 0.25) is 0 Å². The fraction of sp³-hybridized carbons (Fsp3) is 0.200. The van der Waals surface area contributed by atoms with Gasteiger partial charge in [0.05, 0.1) is 0 Å². The summed E-state index contributed by atoms with van der Waals surface area (Å²) in [6.07, 6.45) is -4.53. The molecule has 0 aromatic heterocycles. The van der Waals surface area contributed by atoms with Crippen molar-refractivity contribution in [1.82, 2.24) is 0 Å². The van der Waals surface area contributed by atoms with Gasteiger partial charge in [-0.1, -0.05) is 24.3 Å². The summed E-state index contributed by atoms with van der Waals surface area (Å²) in [6, 6.07) is 5.92. The molecule has 0 aliphatic carbocycles. The molecule has 2 aromatic rings. The van der Waals surface area contributed by atoms with Crippen molar-refractivity contribution in [1.29, 1.82) is 0 Å². The van der Waals surface area contributed by atoms with Crippen LogP contribution in [0.2, 0.25) is 0 Å². The number of ether oxygens (including phenoxy) is 1. The van der Waals surface area contributed by atoms with Gasteiger partial charge in [0.1, 0.15) is 18.5 Å². The third kappa shape index (κ3) is 3.94. The summed E-state index contributed by atoms with van der Waals surface area (Å²) in [5.41, 5.74) is 5.49. The number of benzene rings is 2. The fourth-order valence-corrected chi connectivity index (χ4v) is 1.76. The van der Waals surface area contributed by atoms with Gasteiger partial charge in [-0.15, -0.1) is 0 Å². The molecule has 0 spiro atoms. The number of alkyl halides is 3. The van der Waals surface area contributed by atoms with Gasteiger partial charge in [-0.05, 0) is 23.3 Å². The zero-order valence-corrected chi connectivity index (χ0v) is 11.2.